The van der Waals surface area contributed by atoms with Crippen LogP contribution in [0.5, 0.6) is 5.75 Å². The minimum atomic E-state index is -0.156. The van der Waals surface area contributed by atoms with Crippen molar-refractivity contribution < 1.29 is 14.3 Å². The molecule has 1 aliphatic heterocycles. The molecular weight excluding hydrogens is 268 g/mol. The molecular formula is C16H24N2O3. The van der Waals surface area contributed by atoms with Crippen molar-refractivity contribution in [3.63, 3.8) is 0 Å². The smallest absolute Gasteiger partial charge is 0.250 e. The normalized spacial score (nSPS) is 18.2. The van der Waals surface area contributed by atoms with E-state index < -0.39 is 0 Å². The van der Waals surface area contributed by atoms with Crippen LogP contribution < -0.4 is 15.4 Å². The Balaban J connectivity index is 1.65. The van der Waals surface area contributed by atoms with Crippen LogP contribution in [-0.2, 0) is 9.53 Å². The first-order valence-corrected chi connectivity index (χ1v) is 7.53. The van der Waals surface area contributed by atoms with Gasteiger partial charge in [-0.05, 0) is 37.9 Å². The van der Waals surface area contributed by atoms with Gasteiger partial charge in [0.2, 0.25) is 5.91 Å². The molecule has 2 rings (SSSR count). The summed E-state index contributed by atoms with van der Waals surface area (Å²) in [6.45, 7) is 1.78. The average molecular weight is 292 g/mol. The third kappa shape index (κ3) is 5.36. The number of ether oxygens (including phenoxy) is 2. The molecule has 1 atom stereocenters. The monoisotopic (exact) mass is 292 g/mol. The highest BCUT2D eigenvalue weighted by Crippen LogP contribution is 2.22. The van der Waals surface area contributed by atoms with Crippen LogP contribution in [0.2, 0.25) is 0 Å². The summed E-state index contributed by atoms with van der Waals surface area (Å²) in [4.78, 5) is 11.8. The topological polar surface area (TPSA) is 59.6 Å². The van der Waals surface area contributed by atoms with E-state index >= 15 is 0 Å². The summed E-state index contributed by atoms with van der Waals surface area (Å²) in [5, 5.41) is 6.26. The zero-order valence-corrected chi connectivity index (χ0v) is 12.6. The van der Waals surface area contributed by atoms with Crippen LogP contribution in [0.25, 0.3) is 0 Å². The van der Waals surface area contributed by atoms with Crippen LogP contribution in [-0.4, -0.2) is 38.8 Å². The number of nitrogens with one attached hydrogen (secondary N) is 2. The van der Waals surface area contributed by atoms with Crippen molar-refractivity contribution in [3.8, 4) is 5.75 Å². The van der Waals surface area contributed by atoms with Gasteiger partial charge in [-0.1, -0.05) is 18.6 Å². The number of rotatable bonds is 7. The molecule has 2 N–H and O–H groups in total. The van der Waals surface area contributed by atoms with Crippen LogP contribution in [0.1, 0.15) is 25.7 Å². The summed E-state index contributed by atoms with van der Waals surface area (Å²) in [5.74, 6) is 0.494. The van der Waals surface area contributed by atoms with Crippen molar-refractivity contribution in [2.45, 2.75) is 31.7 Å². The second-order valence-corrected chi connectivity index (χ2v) is 5.24. The lowest BCUT2D eigenvalue weighted by Gasteiger charge is -2.23. The molecule has 21 heavy (non-hydrogen) atoms. The molecule has 0 bridgehead atoms. The first-order valence-electron chi connectivity index (χ1n) is 7.53. The highest BCUT2D eigenvalue weighted by atomic mass is 16.5. The van der Waals surface area contributed by atoms with E-state index in [1.54, 1.807) is 7.11 Å². The molecule has 5 heteroatoms. The number of hydrogen-bond acceptors (Lipinski definition) is 4. The van der Waals surface area contributed by atoms with Gasteiger partial charge in [-0.25, -0.2) is 0 Å². The van der Waals surface area contributed by atoms with Gasteiger partial charge in [-0.15, -0.1) is 0 Å². The van der Waals surface area contributed by atoms with Crippen molar-refractivity contribution in [2.24, 2.45) is 0 Å². The number of methoxy groups -OCH3 is 1. The van der Waals surface area contributed by atoms with E-state index in [0.29, 0.717) is 24.1 Å². The predicted octanol–water partition coefficient (Wildman–Crippen LogP) is 2.18. The van der Waals surface area contributed by atoms with Gasteiger partial charge in [-0.2, -0.15) is 0 Å². The molecule has 1 aromatic carbocycles. The second-order valence-electron chi connectivity index (χ2n) is 5.24. The maximum Gasteiger partial charge on any atom is 0.250 e. The SMILES string of the molecule is COc1ccccc1NC(=O)COCCC1CCCCN1. The molecule has 1 aromatic rings. The fourth-order valence-corrected chi connectivity index (χ4v) is 2.50. The fraction of sp³-hybridized carbons (Fsp3) is 0.562. The lowest BCUT2D eigenvalue weighted by atomic mass is 10.0. The molecule has 0 aromatic heterocycles. The Morgan fingerprint density at radius 3 is 3.00 bits per heavy atom. The first kappa shape index (κ1) is 15.8. The molecule has 1 amide bonds. The lowest BCUT2D eigenvalue weighted by molar-refractivity contribution is -0.120. The largest absolute Gasteiger partial charge is 0.495 e. The Kier molecular flexibility index (Phi) is 6.50. The van der Waals surface area contributed by atoms with Gasteiger partial charge in [0.05, 0.1) is 12.8 Å². The van der Waals surface area contributed by atoms with E-state index in [4.69, 9.17) is 9.47 Å². The fourth-order valence-electron chi connectivity index (χ4n) is 2.50. The Morgan fingerprint density at radius 1 is 1.38 bits per heavy atom. The maximum atomic E-state index is 11.8. The molecule has 1 heterocycles. The van der Waals surface area contributed by atoms with E-state index in [1.165, 1.54) is 19.3 Å². The number of para-hydroxylation sites is 2. The van der Waals surface area contributed by atoms with E-state index in [1.807, 2.05) is 24.3 Å². The van der Waals surface area contributed by atoms with Crippen molar-refractivity contribution in [3.05, 3.63) is 24.3 Å². The van der Waals surface area contributed by atoms with Gasteiger partial charge < -0.3 is 20.1 Å². The van der Waals surface area contributed by atoms with E-state index in [9.17, 15) is 4.79 Å². The van der Waals surface area contributed by atoms with E-state index in [0.717, 1.165) is 13.0 Å². The number of carbonyl (C=O) groups excluding carboxylic acids is 1. The van der Waals surface area contributed by atoms with E-state index in [-0.39, 0.29) is 12.5 Å². The van der Waals surface area contributed by atoms with Crippen LogP contribution in [0.3, 0.4) is 0 Å². The highest BCUT2D eigenvalue weighted by molar-refractivity contribution is 5.93. The van der Waals surface area contributed by atoms with Gasteiger partial charge in [0.1, 0.15) is 12.4 Å². The predicted molar refractivity (Wildman–Crippen MR) is 82.7 cm³/mol. The van der Waals surface area contributed by atoms with E-state index in [2.05, 4.69) is 10.6 Å². The van der Waals surface area contributed by atoms with Crippen LogP contribution >= 0.6 is 0 Å². The number of carbonyl (C=O) groups is 1. The summed E-state index contributed by atoms with van der Waals surface area (Å²) in [5.41, 5.74) is 0.669. The molecule has 0 radical (unpaired) electrons. The molecule has 1 saturated heterocycles. The average Bonchev–Trinajstić information content (AvgIpc) is 2.53. The van der Waals surface area contributed by atoms with Crippen molar-refractivity contribution in [1.29, 1.82) is 0 Å². The summed E-state index contributed by atoms with van der Waals surface area (Å²) in [7, 11) is 1.58. The Bertz CT molecular complexity index is 445. The number of amides is 1. The summed E-state index contributed by atoms with van der Waals surface area (Å²) in [6, 6.07) is 7.88. The van der Waals surface area contributed by atoms with Gasteiger partial charge in [0, 0.05) is 12.6 Å². The number of hydrogen-bond donors (Lipinski definition) is 2. The number of benzene rings is 1. The van der Waals surface area contributed by atoms with Crippen LogP contribution in [0.15, 0.2) is 24.3 Å². The summed E-state index contributed by atoms with van der Waals surface area (Å²) >= 11 is 0. The summed E-state index contributed by atoms with van der Waals surface area (Å²) in [6.07, 6.45) is 4.71. The lowest BCUT2D eigenvalue weighted by Crippen LogP contribution is -2.35. The molecule has 1 fully saturated rings. The standard InChI is InChI=1S/C16H24N2O3/c1-20-15-8-3-2-7-14(15)18-16(19)12-21-11-9-13-6-4-5-10-17-13/h2-3,7-8,13,17H,4-6,9-12H2,1H3,(H,18,19). The van der Waals surface area contributed by atoms with Gasteiger partial charge in [0.25, 0.3) is 0 Å². The Labute approximate surface area is 126 Å². The van der Waals surface area contributed by atoms with Crippen LogP contribution in [0, 0.1) is 0 Å². The first-order chi connectivity index (χ1) is 10.3. The molecule has 0 saturated carbocycles. The molecule has 0 aliphatic carbocycles. The molecule has 116 valence electrons. The quantitative estimate of drug-likeness (QED) is 0.756. The number of anilines is 1. The molecule has 0 spiro atoms. The van der Waals surface area contributed by atoms with Gasteiger partial charge >= 0.3 is 0 Å². The van der Waals surface area contributed by atoms with Crippen molar-refractivity contribution in [1.82, 2.24) is 5.32 Å². The van der Waals surface area contributed by atoms with Gasteiger partial charge in [0.15, 0.2) is 0 Å². The third-order valence-electron chi connectivity index (χ3n) is 3.64. The van der Waals surface area contributed by atoms with Gasteiger partial charge in [-0.3, -0.25) is 4.79 Å². The van der Waals surface area contributed by atoms with Crippen LogP contribution in [0.4, 0.5) is 5.69 Å². The second kappa shape index (κ2) is 8.64. The Morgan fingerprint density at radius 2 is 2.24 bits per heavy atom. The summed E-state index contributed by atoms with van der Waals surface area (Å²) < 4.78 is 10.6. The third-order valence-corrected chi connectivity index (χ3v) is 3.64. The zero-order valence-electron chi connectivity index (χ0n) is 12.6. The molecule has 5 nitrogen and oxygen atoms in total. The molecule has 1 unspecified atom stereocenters. The Hall–Kier alpha value is -1.59. The highest BCUT2D eigenvalue weighted by Gasteiger charge is 2.12. The maximum absolute atomic E-state index is 11.8. The minimum absolute atomic E-state index is 0.0742. The molecule has 1 aliphatic rings. The van der Waals surface area contributed by atoms with Crippen molar-refractivity contribution >= 4 is 11.6 Å². The minimum Gasteiger partial charge on any atom is -0.495 e. The van der Waals surface area contributed by atoms with Crippen molar-refractivity contribution in [2.75, 3.05) is 32.2 Å². The zero-order chi connectivity index (χ0) is 14.9. The number of piperidine rings is 1.